The molecule has 1 heterocycles. The highest BCUT2D eigenvalue weighted by Crippen LogP contribution is 2.50. The summed E-state index contributed by atoms with van der Waals surface area (Å²) in [5.41, 5.74) is 1.31. The second-order valence-electron chi connectivity index (χ2n) is 7.17. The van der Waals surface area contributed by atoms with Crippen molar-refractivity contribution >= 4 is 5.78 Å². The first-order valence-electron chi connectivity index (χ1n) is 7.90. The Kier molecular flexibility index (Phi) is 4.36. The van der Waals surface area contributed by atoms with Crippen molar-refractivity contribution in [1.29, 1.82) is 0 Å². The smallest absolute Gasteiger partial charge is 0.157 e. The van der Waals surface area contributed by atoms with Gasteiger partial charge in [-0.2, -0.15) is 5.10 Å². The predicted molar refractivity (Wildman–Crippen MR) is 81.4 cm³/mol. The fraction of sp³-hybridized carbons (Fsp3) is 0.765. The molecule has 2 unspecified atom stereocenters. The van der Waals surface area contributed by atoms with Crippen molar-refractivity contribution < 1.29 is 4.79 Å². The summed E-state index contributed by atoms with van der Waals surface area (Å²) in [5.74, 6) is 1.84. The molecule has 1 aromatic heterocycles. The Morgan fingerprint density at radius 1 is 1.45 bits per heavy atom. The maximum absolute atomic E-state index is 12.6. The highest BCUT2D eigenvalue weighted by Gasteiger charge is 2.47. The number of ketones is 1. The summed E-state index contributed by atoms with van der Waals surface area (Å²) in [5, 5.41) is 4.30. The largest absolute Gasteiger partial charge is 0.297 e. The number of carbonyl (C=O) groups is 1. The van der Waals surface area contributed by atoms with Gasteiger partial charge in [-0.1, -0.05) is 34.6 Å². The van der Waals surface area contributed by atoms with Gasteiger partial charge in [0.2, 0.25) is 0 Å². The van der Waals surface area contributed by atoms with Gasteiger partial charge in [0, 0.05) is 12.1 Å². The molecule has 3 nitrogen and oxygen atoms in total. The molecule has 1 aliphatic carbocycles. The lowest BCUT2D eigenvalue weighted by Crippen LogP contribution is -2.34. The van der Waals surface area contributed by atoms with Crippen molar-refractivity contribution in [2.75, 3.05) is 0 Å². The van der Waals surface area contributed by atoms with Crippen LogP contribution in [0.1, 0.15) is 53.0 Å². The molecule has 1 saturated carbocycles. The molecular formula is C17H28N2O. The molecule has 2 rings (SSSR count). The lowest BCUT2D eigenvalue weighted by molar-refractivity contribution is -0.127. The molecular weight excluding hydrogens is 248 g/mol. The Hall–Kier alpha value is -1.12. The van der Waals surface area contributed by atoms with E-state index in [2.05, 4.69) is 39.7 Å². The van der Waals surface area contributed by atoms with Crippen LogP contribution in [0.2, 0.25) is 0 Å². The summed E-state index contributed by atoms with van der Waals surface area (Å²) in [4.78, 5) is 12.6. The minimum atomic E-state index is 0.117. The molecule has 0 bridgehead atoms. The van der Waals surface area contributed by atoms with E-state index < -0.39 is 0 Å². The molecule has 1 fully saturated rings. The van der Waals surface area contributed by atoms with Gasteiger partial charge in [0.25, 0.3) is 0 Å². The lowest BCUT2D eigenvalue weighted by Gasteiger charge is -2.34. The van der Waals surface area contributed by atoms with Gasteiger partial charge in [-0.15, -0.1) is 0 Å². The van der Waals surface area contributed by atoms with Crippen LogP contribution in [0.3, 0.4) is 0 Å². The van der Waals surface area contributed by atoms with Crippen molar-refractivity contribution in [2.45, 2.75) is 60.4 Å². The molecule has 1 aliphatic rings. The van der Waals surface area contributed by atoms with Crippen LogP contribution in [-0.4, -0.2) is 15.6 Å². The van der Waals surface area contributed by atoms with E-state index >= 15 is 0 Å². The Balaban J connectivity index is 2.06. The van der Waals surface area contributed by atoms with Gasteiger partial charge >= 0.3 is 0 Å². The maximum Gasteiger partial charge on any atom is 0.157 e. The number of hydrogen-bond acceptors (Lipinski definition) is 2. The fourth-order valence-electron chi connectivity index (χ4n) is 4.06. The molecule has 0 aliphatic heterocycles. The van der Waals surface area contributed by atoms with E-state index in [1.165, 1.54) is 12.0 Å². The highest BCUT2D eigenvalue weighted by atomic mass is 16.1. The number of aryl methyl sites for hydroxylation is 1. The highest BCUT2D eigenvalue weighted by molar-refractivity contribution is 5.81. The first kappa shape index (κ1) is 15.3. The van der Waals surface area contributed by atoms with Crippen LogP contribution in [-0.2, 0) is 17.8 Å². The van der Waals surface area contributed by atoms with E-state index in [1.54, 1.807) is 4.68 Å². The van der Waals surface area contributed by atoms with Gasteiger partial charge in [0.05, 0.1) is 12.7 Å². The second-order valence-corrected chi connectivity index (χ2v) is 7.17. The number of carbonyl (C=O) groups excluding carboxylic acids is 1. The number of rotatable bonds is 5. The van der Waals surface area contributed by atoms with Crippen LogP contribution >= 0.6 is 0 Å². The number of nitrogens with zero attached hydrogens (tertiary/aromatic N) is 2. The van der Waals surface area contributed by atoms with E-state index in [-0.39, 0.29) is 11.3 Å². The molecule has 0 spiro atoms. The van der Waals surface area contributed by atoms with E-state index in [9.17, 15) is 4.79 Å². The summed E-state index contributed by atoms with van der Waals surface area (Å²) in [6.45, 7) is 11.6. The third-order valence-corrected chi connectivity index (χ3v) is 5.23. The lowest BCUT2D eigenvalue weighted by atomic mass is 9.70. The summed E-state index contributed by atoms with van der Waals surface area (Å²) in [6.07, 6.45) is 7.05. The molecule has 2 atom stereocenters. The van der Waals surface area contributed by atoms with Crippen LogP contribution < -0.4 is 0 Å². The first-order chi connectivity index (χ1) is 9.36. The number of aromatic nitrogens is 2. The van der Waals surface area contributed by atoms with Gasteiger partial charge in [0.15, 0.2) is 5.78 Å². The van der Waals surface area contributed by atoms with E-state index in [4.69, 9.17) is 0 Å². The molecule has 0 amide bonds. The minimum Gasteiger partial charge on any atom is -0.297 e. The van der Waals surface area contributed by atoms with Gasteiger partial charge in [0.1, 0.15) is 0 Å². The van der Waals surface area contributed by atoms with Crippen LogP contribution in [0, 0.1) is 23.2 Å². The van der Waals surface area contributed by atoms with Crippen molar-refractivity contribution in [2.24, 2.45) is 23.2 Å². The van der Waals surface area contributed by atoms with Gasteiger partial charge < -0.3 is 0 Å². The van der Waals surface area contributed by atoms with E-state index in [1.807, 2.05) is 12.4 Å². The minimum absolute atomic E-state index is 0.117. The molecule has 20 heavy (non-hydrogen) atoms. The predicted octanol–water partition coefficient (Wildman–Crippen LogP) is 3.72. The molecule has 0 aromatic carbocycles. The standard InChI is InChI=1S/C17H28N2O/c1-6-13-9-18-19(10-13)11-16(20)15-8-7-14(12(2)3)17(15,4)5/h9-10,12,14-15H,6-8,11H2,1-5H3. The molecule has 0 saturated heterocycles. The van der Waals surface area contributed by atoms with Crippen LogP contribution in [0.25, 0.3) is 0 Å². The van der Waals surface area contributed by atoms with Gasteiger partial charge in [-0.3, -0.25) is 9.48 Å². The first-order valence-corrected chi connectivity index (χ1v) is 7.90. The molecule has 112 valence electrons. The Morgan fingerprint density at radius 3 is 2.65 bits per heavy atom. The van der Waals surface area contributed by atoms with E-state index in [0.717, 1.165) is 12.8 Å². The van der Waals surface area contributed by atoms with Crippen LogP contribution in [0.5, 0.6) is 0 Å². The number of hydrogen-bond donors (Lipinski definition) is 0. The summed E-state index contributed by atoms with van der Waals surface area (Å²) in [6, 6.07) is 0. The van der Waals surface area contributed by atoms with E-state index in [0.29, 0.717) is 24.2 Å². The van der Waals surface area contributed by atoms with Crippen LogP contribution in [0.4, 0.5) is 0 Å². The summed E-state index contributed by atoms with van der Waals surface area (Å²) in [7, 11) is 0. The van der Waals surface area contributed by atoms with Crippen molar-refractivity contribution in [3.05, 3.63) is 18.0 Å². The third kappa shape index (κ3) is 2.82. The summed E-state index contributed by atoms with van der Waals surface area (Å²) < 4.78 is 1.81. The van der Waals surface area contributed by atoms with Crippen LogP contribution in [0.15, 0.2) is 12.4 Å². The second kappa shape index (κ2) is 5.71. The molecule has 3 heteroatoms. The Morgan fingerprint density at radius 2 is 2.15 bits per heavy atom. The monoisotopic (exact) mass is 276 g/mol. The van der Waals surface area contributed by atoms with Crippen molar-refractivity contribution in [1.82, 2.24) is 9.78 Å². The molecule has 1 aromatic rings. The SMILES string of the molecule is CCc1cnn(CC(=O)C2CCC(C(C)C)C2(C)C)c1. The average Bonchev–Trinajstić information content (AvgIpc) is 2.92. The molecule has 0 radical (unpaired) electrons. The summed E-state index contributed by atoms with van der Waals surface area (Å²) >= 11 is 0. The van der Waals surface area contributed by atoms with Gasteiger partial charge in [-0.25, -0.2) is 0 Å². The quantitative estimate of drug-likeness (QED) is 0.821. The normalized spacial score (nSPS) is 25.3. The van der Waals surface area contributed by atoms with Crippen molar-refractivity contribution in [3.63, 3.8) is 0 Å². The Labute approximate surface area is 122 Å². The van der Waals surface area contributed by atoms with Gasteiger partial charge in [-0.05, 0) is 42.1 Å². The fourth-order valence-corrected chi connectivity index (χ4v) is 4.06. The zero-order chi connectivity index (χ0) is 14.9. The zero-order valence-electron chi connectivity index (χ0n) is 13.5. The zero-order valence-corrected chi connectivity index (χ0v) is 13.5. The Bertz CT molecular complexity index is 473. The molecule has 0 N–H and O–H groups in total. The maximum atomic E-state index is 12.6. The average molecular weight is 276 g/mol. The van der Waals surface area contributed by atoms with Crippen molar-refractivity contribution in [3.8, 4) is 0 Å². The topological polar surface area (TPSA) is 34.9 Å². The number of Topliss-reactive ketones (excluding diaryl/α,β-unsaturated/α-hetero) is 1. The third-order valence-electron chi connectivity index (χ3n) is 5.23.